The van der Waals surface area contributed by atoms with Crippen molar-refractivity contribution in [3.63, 3.8) is 0 Å². The summed E-state index contributed by atoms with van der Waals surface area (Å²) in [5.41, 5.74) is 1.97. The molecular weight excluding hydrogens is 318 g/mol. The lowest BCUT2D eigenvalue weighted by molar-refractivity contribution is -0.141. The number of carbonyl (C=O) groups is 2. The van der Waals surface area contributed by atoms with Crippen molar-refractivity contribution in [2.45, 2.75) is 44.2 Å². The SMILES string of the molecule is O=C(O)C1CC2CCCCC2N1C(=O)c1cc(-c2ccccc2)n[nH]1. The summed E-state index contributed by atoms with van der Waals surface area (Å²) in [6, 6.07) is 10.6. The molecule has 1 aromatic heterocycles. The first kappa shape index (κ1) is 15.9. The number of aromatic nitrogens is 2. The highest BCUT2D eigenvalue weighted by molar-refractivity contribution is 5.96. The molecule has 2 aliphatic rings. The van der Waals surface area contributed by atoms with Gasteiger partial charge in [-0.2, -0.15) is 5.10 Å². The van der Waals surface area contributed by atoms with Crippen molar-refractivity contribution in [3.05, 3.63) is 42.1 Å². The number of aliphatic carboxylic acids is 1. The van der Waals surface area contributed by atoms with Crippen LogP contribution in [0.5, 0.6) is 0 Å². The number of nitrogens with zero attached hydrogens (tertiary/aromatic N) is 2. The fourth-order valence-corrected chi connectivity index (χ4v) is 4.30. The smallest absolute Gasteiger partial charge is 0.326 e. The van der Waals surface area contributed by atoms with Crippen molar-refractivity contribution in [1.82, 2.24) is 15.1 Å². The summed E-state index contributed by atoms with van der Waals surface area (Å²) in [7, 11) is 0. The molecule has 3 unspecified atom stereocenters. The van der Waals surface area contributed by atoms with Gasteiger partial charge in [0.15, 0.2) is 0 Å². The van der Waals surface area contributed by atoms with Crippen LogP contribution in [0, 0.1) is 5.92 Å². The second-order valence-corrected chi connectivity index (χ2v) is 6.95. The number of aromatic amines is 1. The van der Waals surface area contributed by atoms with Gasteiger partial charge in [-0.1, -0.05) is 43.2 Å². The van der Waals surface area contributed by atoms with Gasteiger partial charge < -0.3 is 10.0 Å². The van der Waals surface area contributed by atoms with Gasteiger partial charge in [-0.05, 0) is 31.2 Å². The lowest BCUT2D eigenvalue weighted by Gasteiger charge is -2.32. The molecule has 130 valence electrons. The van der Waals surface area contributed by atoms with E-state index in [4.69, 9.17) is 0 Å². The fraction of sp³-hybridized carbons (Fsp3) is 0.421. The molecule has 0 spiro atoms. The van der Waals surface area contributed by atoms with Gasteiger partial charge in [-0.3, -0.25) is 9.89 Å². The molecule has 2 heterocycles. The summed E-state index contributed by atoms with van der Waals surface area (Å²) in [5.74, 6) is -0.864. The number of likely N-dealkylation sites (tertiary alicyclic amines) is 1. The van der Waals surface area contributed by atoms with E-state index < -0.39 is 12.0 Å². The van der Waals surface area contributed by atoms with Crippen LogP contribution >= 0.6 is 0 Å². The Bertz CT molecular complexity index is 786. The van der Waals surface area contributed by atoms with Gasteiger partial charge in [-0.15, -0.1) is 0 Å². The number of amides is 1. The Morgan fingerprint density at radius 2 is 1.92 bits per heavy atom. The van der Waals surface area contributed by atoms with Crippen molar-refractivity contribution >= 4 is 11.9 Å². The van der Waals surface area contributed by atoms with Crippen LogP contribution in [0.15, 0.2) is 36.4 Å². The number of fused-ring (bicyclic) bond motifs is 1. The van der Waals surface area contributed by atoms with Crippen LogP contribution in [0.1, 0.15) is 42.6 Å². The summed E-state index contributed by atoms with van der Waals surface area (Å²) in [5, 5.41) is 16.6. The van der Waals surface area contributed by atoms with E-state index in [-0.39, 0.29) is 11.9 Å². The van der Waals surface area contributed by atoms with Crippen molar-refractivity contribution in [3.8, 4) is 11.3 Å². The van der Waals surface area contributed by atoms with E-state index in [1.807, 2.05) is 30.3 Å². The number of carboxylic acid groups (broad SMARTS) is 1. The third kappa shape index (κ3) is 2.81. The number of H-pyrrole nitrogens is 1. The van der Waals surface area contributed by atoms with Crippen LogP contribution in [0.3, 0.4) is 0 Å². The van der Waals surface area contributed by atoms with E-state index in [9.17, 15) is 14.7 Å². The highest BCUT2D eigenvalue weighted by atomic mass is 16.4. The van der Waals surface area contributed by atoms with Gasteiger partial charge in [0, 0.05) is 11.6 Å². The third-order valence-corrected chi connectivity index (χ3v) is 5.49. The lowest BCUT2D eigenvalue weighted by atomic mass is 9.84. The normalized spacial score (nSPS) is 25.6. The molecule has 2 fully saturated rings. The van der Waals surface area contributed by atoms with E-state index in [0.717, 1.165) is 31.2 Å². The Morgan fingerprint density at radius 1 is 1.16 bits per heavy atom. The molecule has 2 aromatic rings. The lowest BCUT2D eigenvalue weighted by Crippen LogP contribution is -2.46. The van der Waals surface area contributed by atoms with E-state index in [0.29, 0.717) is 23.7 Å². The highest BCUT2D eigenvalue weighted by Crippen LogP contribution is 2.40. The first-order valence-electron chi connectivity index (χ1n) is 8.81. The van der Waals surface area contributed by atoms with Gasteiger partial charge in [0.05, 0.1) is 5.69 Å². The molecule has 0 radical (unpaired) electrons. The van der Waals surface area contributed by atoms with E-state index >= 15 is 0 Å². The van der Waals surface area contributed by atoms with Crippen LogP contribution in [0.4, 0.5) is 0 Å². The molecule has 1 aromatic carbocycles. The van der Waals surface area contributed by atoms with Crippen LogP contribution in [0.2, 0.25) is 0 Å². The summed E-state index contributed by atoms with van der Waals surface area (Å²) >= 11 is 0. The number of carboxylic acids is 1. The minimum atomic E-state index is -0.912. The van der Waals surface area contributed by atoms with Gasteiger partial charge >= 0.3 is 5.97 Å². The number of rotatable bonds is 3. The maximum atomic E-state index is 13.1. The Morgan fingerprint density at radius 3 is 2.68 bits per heavy atom. The van der Waals surface area contributed by atoms with Crippen LogP contribution in [0.25, 0.3) is 11.3 Å². The van der Waals surface area contributed by atoms with Crippen molar-refractivity contribution in [2.24, 2.45) is 5.92 Å². The number of benzene rings is 1. The maximum absolute atomic E-state index is 13.1. The standard InChI is InChI=1S/C19H21N3O3/c23-18(15-11-14(20-21-15)12-6-2-1-3-7-12)22-16-9-5-4-8-13(16)10-17(22)19(24)25/h1-3,6-7,11,13,16-17H,4-5,8-10H2,(H,20,21)(H,24,25). The molecule has 1 amide bonds. The molecule has 1 saturated heterocycles. The molecular formula is C19H21N3O3. The molecule has 0 bridgehead atoms. The minimum Gasteiger partial charge on any atom is -0.480 e. The monoisotopic (exact) mass is 339 g/mol. The summed E-state index contributed by atoms with van der Waals surface area (Å²) in [6.45, 7) is 0. The maximum Gasteiger partial charge on any atom is 0.326 e. The Labute approximate surface area is 145 Å². The Balaban J connectivity index is 1.63. The second kappa shape index (κ2) is 6.35. The van der Waals surface area contributed by atoms with Crippen molar-refractivity contribution in [2.75, 3.05) is 0 Å². The van der Waals surface area contributed by atoms with Crippen LogP contribution in [-0.2, 0) is 4.79 Å². The first-order chi connectivity index (χ1) is 12.1. The molecule has 1 aliphatic heterocycles. The number of hydrogen-bond donors (Lipinski definition) is 2. The predicted octanol–water partition coefficient (Wildman–Crippen LogP) is 2.93. The topological polar surface area (TPSA) is 86.3 Å². The molecule has 4 rings (SSSR count). The first-order valence-corrected chi connectivity index (χ1v) is 8.81. The zero-order valence-corrected chi connectivity index (χ0v) is 13.9. The number of carbonyl (C=O) groups excluding carboxylic acids is 1. The molecule has 6 nitrogen and oxygen atoms in total. The van der Waals surface area contributed by atoms with E-state index in [1.165, 1.54) is 0 Å². The van der Waals surface area contributed by atoms with E-state index in [1.54, 1.807) is 11.0 Å². The largest absolute Gasteiger partial charge is 0.480 e. The van der Waals surface area contributed by atoms with Gasteiger partial charge in [0.25, 0.3) is 5.91 Å². The minimum absolute atomic E-state index is 0.0332. The van der Waals surface area contributed by atoms with Crippen molar-refractivity contribution in [1.29, 1.82) is 0 Å². The van der Waals surface area contributed by atoms with Crippen LogP contribution < -0.4 is 0 Å². The highest BCUT2D eigenvalue weighted by Gasteiger charge is 2.48. The second-order valence-electron chi connectivity index (χ2n) is 6.95. The fourth-order valence-electron chi connectivity index (χ4n) is 4.30. The molecule has 25 heavy (non-hydrogen) atoms. The molecule has 2 N–H and O–H groups in total. The Hall–Kier alpha value is -2.63. The van der Waals surface area contributed by atoms with Gasteiger partial charge in [0.2, 0.25) is 0 Å². The molecule has 3 atom stereocenters. The average molecular weight is 339 g/mol. The Kier molecular flexibility index (Phi) is 4.03. The summed E-state index contributed by atoms with van der Waals surface area (Å²) in [4.78, 5) is 26.3. The van der Waals surface area contributed by atoms with Gasteiger partial charge in [-0.25, -0.2) is 4.79 Å². The van der Waals surface area contributed by atoms with E-state index in [2.05, 4.69) is 10.2 Å². The molecule has 1 saturated carbocycles. The third-order valence-electron chi connectivity index (χ3n) is 5.49. The summed E-state index contributed by atoms with van der Waals surface area (Å²) < 4.78 is 0. The number of hydrogen-bond acceptors (Lipinski definition) is 3. The average Bonchev–Trinajstić information content (AvgIpc) is 3.27. The van der Waals surface area contributed by atoms with Gasteiger partial charge in [0.1, 0.15) is 11.7 Å². The zero-order chi connectivity index (χ0) is 17.4. The molecule has 1 aliphatic carbocycles. The summed E-state index contributed by atoms with van der Waals surface area (Å²) in [6.07, 6.45) is 4.63. The molecule has 6 heteroatoms. The quantitative estimate of drug-likeness (QED) is 0.900. The predicted molar refractivity (Wildman–Crippen MR) is 92.0 cm³/mol. The van der Waals surface area contributed by atoms with Crippen LogP contribution in [-0.4, -0.2) is 44.2 Å². The van der Waals surface area contributed by atoms with Crippen molar-refractivity contribution < 1.29 is 14.7 Å². The zero-order valence-electron chi connectivity index (χ0n) is 13.9. The number of nitrogens with one attached hydrogen (secondary N) is 1.